The zero-order chi connectivity index (χ0) is 20.4. The quantitative estimate of drug-likeness (QED) is 0.615. The Balaban J connectivity index is 1.36. The van der Waals surface area contributed by atoms with Crippen LogP contribution in [0.5, 0.6) is 0 Å². The molecule has 1 N–H and O–H groups in total. The van der Waals surface area contributed by atoms with Crippen molar-refractivity contribution in [2.75, 3.05) is 18.5 Å². The summed E-state index contributed by atoms with van der Waals surface area (Å²) in [7, 11) is -2.11. The molecule has 1 aliphatic heterocycles. The molecule has 0 saturated heterocycles. The molecule has 0 fully saturated rings. The van der Waals surface area contributed by atoms with Crippen molar-refractivity contribution in [1.29, 1.82) is 0 Å². The van der Waals surface area contributed by atoms with Crippen molar-refractivity contribution >= 4 is 33.0 Å². The first-order valence-corrected chi connectivity index (χ1v) is 11.6. The number of benzene rings is 1. The van der Waals surface area contributed by atoms with Gasteiger partial charge in [0.25, 0.3) is 0 Å². The number of fused-ring (bicyclic) bond motifs is 1. The summed E-state index contributed by atoms with van der Waals surface area (Å²) in [5, 5.41) is 5.93. The molecule has 152 valence electrons. The van der Waals surface area contributed by atoms with Crippen molar-refractivity contribution in [1.82, 2.24) is 14.9 Å². The first kappa shape index (κ1) is 19.7. The summed E-state index contributed by atoms with van der Waals surface area (Å²) in [5.41, 5.74) is 1.65. The van der Waals surface area contributed by atoms with Crippen LogP contribution in [0.15, 0.2) is 45.1 Å². The highest BCUT2D eigenvalue weighted by Crippen LogP contribution is 2.31. The number of amides is 1. The highest BCUT2D eigenvalue weighted by atomic mass is 32.2. The lowest BCUT2D eigenvalue weighted by molar-refractivity contribution is -0.118. The smallest absolute Gasteiger partial charge is 0.240 e. The normalized spacial score (nSPS) is 13.6. The van der Waals surface area contributed by atoms with Gasteiger partial charge in [-0.05, 0) is 55.1 Å². The van der Waals surface area contributed by atoms with Gasteiger partial charge in [-0.1, -0.05) is 11.2 Å². The molecule has 1 amide bonds. The van der Waals surface area contributed by atoms with E-state index in [2.05, 4.69) is 14.9 Å². The predicted molar refractivity (Wildman–Crippen MR) is 109 cm³/mol. The maximum absolute atomic E-state index is 12.7. The van der Waals surface area contributed by atoms with Gasteiger partial charge in [-0.15, -0.1) is 11.3 Å². The van der Waals surface area contributed by atoms with E-state index in [0.717, 1.165) is 16.1 Å². The lowest BCUT2D eigenvalue weighted by Gasteiger charge is -2.17. The Bertz CT molecular complexity index is 1120. The van der Waals surface area contributed by atoms with Gasteiger partial charge in [-0.25, -0.2) is 13.1 Å². The van der Waals surface area contributed by atoms with Gasteiger partial charge in [0.2, 0.25) is 27.6 Å². The molecular weight excluding hydrogens is 412 g/mol. The molecule has 3 aromatic rings. The molecule has 0 bridgehead atoms. The minimum Gasteiger partial charge on any atom is -0.339 e. The van der Waals surface area contributed by atoms with Gasteiger partial charge >= 0.3 is 0 Å². The van der Waals surface area contributed by atoms with Crippen LogP contribution in [0, 0.1) is 0 Å². The van der Waals surface area contributed by atoms with Crippen LogP contribution in [0.4, 0.5) is 5.69 Å². The molecule has 0 spiro atoms. The second-order valence-electron chi connectivity index (χ2n) is 6.64. The Kier molecular flexibility index (Phi) is 5.48. The Hall–Kier alpha value is -2.56. The Labute approximate surface area is 172 Å². The van der Waals surface area contributed by atoms with Gasteiger partial charge in [0, 0.05) is 25.1 Å². The standard InChI is InChI=1S/C19H20N4O4S2/c1-20-29(25,26)14-7-8-15-13(12-14)9-10-23(15)18(24)6-2-5-17-21-19(22-27-17)16-4-3-11-28-16/h3-4,7-8,11-12,20H,2,5-6,9-10H2,1H3. The van der Waals surface area contributed by atoms with Crippen LogP contribution in [0.1, 0.15) is 24.3 Å². The summed E-state index contributed by atoms with van der Waals surface area (Å²) in [5.74, 6) is 1.10. The molecule has 1 aliphatic rings. The highest BCUT2D eigenvalue weighted by Gasteiger charge is 2.26. The Morgan fingerprint density at radius 3 is 2.97 bits per heavy atom. The van der Waals surface area contributed by atoms with Crippen LogP contribution >= 0.6 is 11.3 Å². The van der Waals surface area contributed by atoms with E-state index in [1.54, 1.807) is 28.4 Å². The van der Waals surface area contributed by atoms with E-state index in [-0.39, 0.29) is 10.8 Å². The summed E-state index contributed by atoms with van der Waals surface area (Å²) < 4.78 is 31.5. The minimum atomic E-state index is -3.49. The van der Waals surface area contributed by atoms with E-state index < -0.39 is 10.0 Å². The fourth-order valence-electron chi connectivity index (χ4n) is 3.31. The zero-order valence-electron chi connectivity index (χ0n) is 15.8. The SMILES string of the molecule is CNS(=O)(=O)c1ccc2c(c1)CCN2C(=O)CCCc1nc(-c2cccs2)no1. The summed E-state index contributed by atoms with van der Waals surface area (Å²) in [6.45, 7) is 0.556. The molecular formula is C19H20N4O4S2. The van der Waals surface area contributed by atoms with Gasteiger partial charge in [-0.2, -0.15) is 4.98 Å². The van der Waals surface area contributed by atoms with Gasteiger partial charge in [-0.3, -0.25) is 4.79 Å². The van der Waals surface area contributed by atoms with Crippen LogP contribution in [-0.4, -0.2) is 38.1 Å². The first-order chi connectivity index (χ1) is 14.0. The Morgan fingerprint density at radius 1 is 1.34 bits per heavy atom. The second-order valence-corrected chi connectivity index (χ2v) is 9.47. The number of aryl methyl sites for hydroxylation is 1. The third-order valence-electron chi connectivity index (χ3n) is 4.82. The number of nitrogens with zero attached hydrogens (tertiary/aromatic N) is 3. The highest BCUT2D eigenvalue weighted by molar-refractivity contribution is 7.89. The van der Waals surface area contributed by atoms with Gasteiger partial charge in [0.15, 0.2) is 0 Å². The van der Waals surface area contributed by atoms with E-state index in [1.807, 2.05) is 17.5 Å². The fraction of sp³-hybridized carbons (Fsp3) is 0.316. The van der Waals surface area contributed by atoms with E-state index in [1.165, 1.54) is 13.1 Å². The van der Waals surface area contributed by atoms with Crippen LogP contribution in [-0.2, 0) is 27.7 Å². The topological polar surface area (TPSA) is 105 Å². The van der Waals surface area contributed by atoms with Gasteiger partial charge < -0.3 is 9.42 Å². The van der Waals surface area contributed by atoms with E-state index in [9.17, 15) is 13.2 Å². The van der Waals surface area contributed by atoms with Gasteiger partial charge in [0.1, 0.15) is 0 Å². The van der Waals surface area contributed by atoms with Crippen LogP contribution < -0.4 is 9.62 Å². The van der Waals surface area contributed by atoms with Crippen LogP contribution in [0.25, 0.3) is 10.7 Å². The second kappa shape index (κ2) is 8.05. The maximum atomic E-state index is 12.7. The molecule has 1 aromatic carbocycles. The molecule has 0 unspecified atom stereocenters. The number of hydrogen-bond donors (Lipinski definition) is 1. The fourth-order valence-corrected chi connectivity index (χ4v) is 4.74. The molecule has 29 heavy (non-hydrogen) atoms. The number of carbonyl (C=O) groups is 1. The van der Waals surface area contributed by atoms with E-state index in [4.69, 9.17) is 4.52 Å². The van der Waals surface area contributed by atoms with E-state index in [0.29, 0.717) is 43.9 Å². The predicted octanol–water partition coefficient (Wildman–Crippen LogP) is 2.62. The summed E-state index contributed by atoms with van der Waals surface area (Å²) in [4.78, 5) is 19.9. The molecule has 2 aromatic heterocycles. The average Bonchev–Trinajstić information content (AvgIpc) is 3.47. The number of hydrogen-bond acceptors (Lipinski definition) is 7. The third-order valence-corrected chi connectivity index (χ3v) is 7.10. The minimum absolute atomic E-state index is 0.00553. The average molecular weight is 433 g/mol. The number of sulfonamides is 1. The number of thiophene rings is 1. The van der Waals surface area contributed by atoms with Crippen LogP contribution in [0.3, 0.4) is 0 Å². The number of carbonyl (C=O) groups excluding carboxylic acids is 1. The van der Waals surface area contributed by atoms with Crippen LogP contribution in [0.2, 0.25) is 0 Å². The number of nitrogens with one attached hydrogen (secondary N) is 1. The Morgan fingerprint density at radius 2 is 2.21 bits per heavy atom. The zero-order valence-corrected chi connectivity index (χ0v) is 17.4. The van der Waals surface area contributed by atoms with Crippen molar-refractivity contribution in [3.05, 3.63) is 47.2 Å². The number of aromatic nitrogens is 2. The summed E-state index contributed by atoms with van der Waals surface area (Å²) in [6.07, 6.45) is 2.13. The number of anilines is 1. The summed E-state index contributed by atoms with van der Waals surface area (Å²) >= 11 is 1.54. The molecule has 0 radical (unpaired) electrons. The van der Waals surface area contributed by atoms with Crippen molar-refractivity contribution in [2.24, 2.45) is 0 Å². The maximum Gasteiger partial charge on any atom is 0.240 e. The molecule has 0 atom stereocenters. The molecule has 10 heteroatoms. The van der Waals surface area contributed by atoms with Crippen molar-refractivity contribution in [2.45, 2.75) is 30.6 Å². The molecule has 0 saturated carbocycles. The van der Waals surface area contributed by atoms with Gasteiger partial charge in [0.05, 0.1) is 9.77 Å². The third kappa shape index (κ3) is 4.09. The van der Waals surface area contributed by atoms with Crippen molar-refractivity contribution < 1.29 is 17.7 Å². The van der Waals surface area contributed by atoms with Crippen molar-refractivity contribution in [3.8, 4) is 10.7 Å². The van der Waals surface area contributed by atoms with E-state index >= 15 is 0 Å². The molecule has 4 rings (SSSR count). The first-order valence-electron chi connectivity index (χ1n) is 9.21. The lowest BCUT2D eigenvalue weighted by Crippen LogP contribution is -2.28. The van der Waals surface area contributed by atoms with Crippen molar-refractivity contribution in [3.63, 3.8) is 0 Å². The largest absolute Gasteiger partial charge is 0.339 e. The molecule has 3 heterocycles. The molecule has 0 aliphatic carbocycles. The lowest BCUT2D eigenvalue weighted by atomic mass is 10.1. The number of rotatable bonds is 7. The monoisotopic (exact) mass is 432 g/mol. The molecule has 8 nitrogen and oxygen atoms in total. The summed E-state index contributed by atoms with van der Waals surface area (Å²) in [6, 6.07) is 8.73.